The van der Waals surface area contributed by atoms with Crippen molar-refractivity contribution in [1.29, 1.82) is 0 Å². The Labute approximate surface area is 121 Å². The highest BCUT2D eigenvalue weighted by molar-refractivity contribution is 5.78. The Hall–Kier alpha value is -2.45. The van der Waals surface area contributed by atoms with Crippen molar-refractivity contribution in [2.24, 2.45) is 11.7 Å². The van der Waals surface area contributed by atoms with E-state index in [1.165, 1.54) is 0 Å². The molecule has 112 valence electrons. The lowest BCUT2D eigenvalue weighted by Gasteiger charge is -2.08. The Bertz CT molecular complexity index is 651. The van der Waals surface area contributed by atoms with Gasteiger partial charge in [0.15, 0.2) is 0 Å². The molecule has 21 heavy (non-hydrogen) atoms. The Kier molecular flexibility index (Phi) is 4.85. The van der Waals surface area contributed by atoms with E-state index in [4.69, 9.17) is 11.7 Å². The van der Waals surface area contributed by atoms with E-state index in [2.05, 4.69) is 15.8 Å². The molecule has 2 amide bonds. The van der Waals surface area contributed by atoms with Crippen LogP contribution in [0.1, 0.15) is 18.7 Å². The zero-order valence-electron chi connectivity index (χ0n) is 11.5. The summed E-state index contributed by atoms with van der Waals surface area (Å²) in [5, 5.41) is 0. The zero-order valence-corrected chi connectivity index (χ0v) is 11.5. The summed E-state index contributed by atoms with van der Waals surface area (Å²) in [6, 6.07) is 7.61. The quantitative estimate of drug-likeness (QED) is 0.319. The number of carbonyl (C=O) groups excluding carboxylic acids is 2. The fourth-order valence-electron chi connectivity index (χ4n) is 2.15. The number of nitrogens with one attached hydrogen (secondary N) is 2. The highest BCUT2D eigenvalue weighted by Crippen LogP contribution is 2.17. The van der Waals surface area contributed by atoms with Crippen LogP contribution in [0.4, 0.5) is 0 Å². The van der Waals surface area contributed by atoms with E-state index in [1.807, 2.05) is 28.8 Å². The molecule has 0 radical (unpaired) electrons. The van der Waals surface area contributed by atoms with Gasteiger partial charge in [0.05, 0.1) is 11.0 Å². The second kappa shape index (κ2) is 6.82. The minimum atomic E-state index is -0.256. The first kappa shape index (κ1) is 14.9. The monoisotopic (exact) mass is 290 g/mol. The number of rotatable bonds is 6. The van der Waals surface area contributed by atoms with Crippen LogP contribution in [0.2, 0.25) is 0 Å². The number of nitrogens with zero attached hydrogens (tertiary/aromatic N) is 2. The highest BCUT2D eigenvalue weighted by Gasteiger charge is 2.12. The van der Waals surface area contributed by atoms with Gasteiger partial charge in [0.25, 0.3) is 0 Å². The van der Waals surface area contributed by atoms with Gasteiger partial charge in [-0.3, -0.25) is 20.4 Å². The lowest BCUT2D eigenvalue weighted by molar-refractivity contribution is -0.122. The maximum atomic E-state index is 11.3. The molecule has 6 N–H and O–H groups in total. The van der Waals surface area contributed by atoms with Gasteiger partial charge in [-0.15, -0.1) is 0 Å². The van der Waals surface area contributed by atoms with E-state index in [-0.39, 0.29) is 24.7 Å². The SMILES string of the molecule is NNC(=O)CCc1nc2ccccc2n1CCC(=O)NN. The summed E-state index contributed by atoms with van der Waals surface area (Å²) >= 11 is 0. The number of hydrazine groups is 2. The third-order valence-electron chi connectivity index (χ3n) is 3.19. The van der Waals surface area contributed by atoms with Crippen LogP contribution in [-0.4, -0.2) is 21.4 Å². The maximum Gasteiger partial charge on any atom is 0.235 e. The number of hydrogen-bond donors (Lipinski definition) is 4. The van der Waals surface area contributed by atoms with Crippen LogP contribution in [0.5, 0.6) is 0 Å². The molecule has 2 aromatic rings. The van der Waals surface area contributed by atoms with E-state index in [0.29, 0.717) is 13.0 Å². The molecule has 0 unspecified atom stereocenters. The fraction of sp³-hybridized carbons (Fsp3) is 0.308. The molecular formula is C13H18N6O2. The van der Waals surface area contributed by atoms with Gasteiger partial charge in [-0.25, -0.2) is 16.7 Å². The molecule has 8 nitrogen and oxygen atoms in total. The number of para-hydroxylation sites is 2. The van der Waals surface area contributed by atoms with Crippen molar-refractivity contribution in [3.05, 3.63) is 30.1 Å². The molecule has 0 saturated carbocycles. The van der Waals surface area contributed by atoms with Crippen LogP contribution < -0.4 is 22.5 Å². The number of carbonyl (C=O) groups is 2. The van der Waals surface area contributed by atoms with Crippen molar-refractivity contribution in [3.63, 3.8) is 0 Å². The molecule has 8 heteroatoms. The molecule has 1 aromatic carbocycles. The number of aromatic nitrogens is 2. The molecule has 0 atom stereocenters. The summed E-state index contributed by atoms with van der Waals surface area (Å²) in [6.07, 6.45) is 0.928. The first-order chi connectivity index (χ1) is 10.2. The Morgan fingerprint density at radius 1 is 1.10 bits per heavy atom. The Balaban J connectivity index is 2.25. The largest absolute Gasteiger partial charge is 0.327 e. The predicted octanol–water partition coefficient (Wildman–Crippen LogP) is -0.661. The summed E-state index contributed by atoms with van der Waals surface area (Å²) in [5.74, 6) is 10.4. The number of benzene rings is 1. The van der Waals surface area contributed by atoms with Gasteiger partial charge in [0, 0.05) is 25.8 Å². The minimum absolute atomic E-state index is 0.239. The van der Waals surface area contributed by atoms with Crippen LogP contribution in [0, 0.1) is 0 Å². The average Bonchev–Trinajstić information content (AvgIpc) is 2.87. The van der Waals surface area contributed by atoms with Gasteiger partial charge in [-0.2, -0.15) is 0 Å². The summed E-state index contributed by atoms with van der Waals surface area (Å²) < 4.78 is 1.92. The molecule has 0 fully saturated rings. The van der Waals surface area contributed by atoms with E-state index < -0.39 is 0 Å². The number of nitrogens with two attached hydrogens (primary N) is 2. The number of imidazole rings is 1. The molecule has 2 rings (SSSR count). The Morgan fingerprint density at radius 2 is 1.76 bits per heavy atom. The van der Waals surface area contributed by atoms with Gasteiger partial charge in [-0.05, 0) is 12.1 Å². The van der Waals surface area contributed by atoms with E-state index in [0.717, 1.165) is 16.9 Å². The molecule has 0 saturated heterocycles. The second-order valence-corrected chi connectivity index (χ2v) is 4.55. The van der Waals surface area contributed by atoms with E-state index in [1.54, 1.807) is 0 Å². The third kappa shape index (κ3) is 3.56. The number of fused-ring (bicyclic) bond motifs is 1. The summed E-state index contributed by atoms with van der Waals surface area (Å²) in [6.45, 7) is 0.448. The Morgan fingerprint density at radius 3 is 2.48 bits per heavy atom. The van der Waals surface area contributed by atoms with Gasteiger partial charge in [0.1, 0.15) is 5.82 Å². The van der Waals surface area contributed by atoms with Crippen molar-refractivity contribution in [3.8, 4) is 0 Å². The minimum Gasteiger partial charge on any atom is -0.327 e. The van der Waals surface area contributed by atoms with Crippen molar-refractivity contribution in [2.75, 3.05) is 0 Å². The summed E-state index contributed by atoms with van der Waals surface area (Å²) in [5.41, 5.74) is 5.94. The highest BCUT2D eigenvalue weighted by atomic mass is 16.2. The topological polar surface area (TPSA) is 128 Å². The molecule has 1 heterocycles. The number of amides is 2. The van der Waals surface area contributed by atoms with Gasteiger partial charge >= 0.3 is 0 Å². The third-order valence-corrected chi connectivity index (χ3v) is 3.19. The zero-order chi connectivity index (χ0) is 15.2. The lowest BCUT2D eigenvalue weighted by atomic mass is 10.2. The van der Waals surface area contributed by atoms with E-state index >= 15 is 0 Å². The van der Waals surface area contributed by atoms with Crippen molar-refractivity contribution in [2.45, 2.75) is 25.8 Å². The molecule has 0 aliphatic carbocycles. The second-order valence-electron chi connectivity index (χ2n) is 4.55. The van der Waals surface area contributed by atoms with Crippen molar-refractivity contribution >= 4 is 22.8 Å². The van der Waals surface area contributed by atoms with Crippen molar-refractivity contribution < 1.29 is 9.59 Å². The van der Waals surface area contributed by atoms with E-state index in [9.17, 15) is 9.59 Å². The van der Waals surface area contributed by atoms with Crippen LogP contribution in [-0.2, 0) is 22.6 Å². The number of hydrogen-bond acceptors (Lipinski definition) is 5. The lowest BCUT2D eigenvalue weighted by Crippen LogP contribution is -2.31. The first-order valence-electron chi connectivity index (χ1n) is 6.58. The van der Waals surface area contributed by atoms with Crippen LogP contribution >= 0.6 is 0 Å². The molecule has 1 aromatic heterocycles. The van der Waals surface area contributed by atoms with Crippen LogP contribution in [0.3, 0.4) is 0 Å². The molecule has 0 spiro atoms. The van der Waals surface area contributed by atoms with Crippen molar-refractivity contribution in [1.82, 2.24) is 20.4 Å². The number of aryl methyl sites for hydroxylation is 2. The van der Waals surface area contributed by atoms with Crippen LogP contribution in [0.15, 0.2) is 24.3 Å². The molecule has 0 bridgehead atoms. The smallest absolute Gasteiger partial charge is 0.235 e. The maximum absolute atomic E-state index is 11.3. The van der Waals surface area contributed by atoms with Gasteiger partial charge < -0.3 is 4.57 Å². The normalized spacial score (nSPS) is 10.6. The summed E-state index contributed by atoms with van der Waals surface area (Å²) in [4.78, 5) is 27.1. The van der Waals surface area contributed by atoms with Gasteiger partial charge in [-0.1, -0.05) is 12.1 Å². The first-order valence-corrected chi connectivity index (χ1v) is 6.58. The predicted molar refractivity (Wildman–Crippen MR) is 77.3 cm³/mol. The summed E-state index contributed by atoms with van der Waals surface area (Å²) in [7, 11) is 0. The average molecular weight is 290 g/mol. The fourth-order valence-corrected chi connectivity index (χ4v) is 2.15. The molecule has 0 aliphatic rings. The standard InChI is InChI=1S/C13H18N6O2/c14-17-12(20)6-5-11-16-9-3-1-2-4-10(9)19(11)8-7-13(21)18-15/h1-4H,5-8,14-15H2,(H,17,20)(H,18,21). The van der Waals surface area contributed by atoms with Gasteiger partial charge in [0.2, 0.25) is 11.8 Å². The molecular weight excluding hydrogens is 272 g/mol. The molecule has 0 aliphatic heterocycles. The van der Waals surface area contributed by atoms with Crippen LogP contribution in [0.25, 0.3) is 11.0 Å².